The van der Waals surface area contributed by atoms with E-state index >= 15 is 0 Å². The van der Waals surface area contributed by atoms with E-state index in [4.69, 9.17) is 4.74 Å². The number of halogens is 1. The smallest absolute Gasteiger partial charge is 0.121 e. The third-order valence-corrected chi connectivity index (χ3v) is 3.02. The average Bonchev–Trinajstić information content (AvgIpc) is 2.85. The van der Waals surface area contributed by atoms with E-state index in [1.54, 1.807) is 0 Å². The third kappa shape index (κ3) is 2.97. The molecule has 0 amide bonds. The molecule has 0 unspecified atom stereocenters. The largest absolute Gasteiger partial charge is 0.490 e. The van der Waals surface area contributed by atoms with Gasteiger partial charge in [-0.2, -0.15) is 0 Å². The Morgan fingerprint density at radius 1 is 1.20 bits per heavy atom. The van der Waals surface area contributed by atoms with Gasteiger partial charge in [-0.15, -0.1) is 0 Å². The number of benzene rings is 1. The molecule has 0 radical (unpaired) electrons. The Kier molecular flexibility index (Phi) is 2.80. The third-order valence-electron chi connectivity index (χ3n) is 2.56. The van der Waals surface area contributed by atoms with Gasteiger partial charge in [0, 0.05) is 4.47 Å². The van der Waals surface area contributed by atoms with Crippen LogP contribution in [0.3, 0.4) is 0 Å². The van der Waals surface area contributed by atoms with Crippen molar-refractivity contribution in [3.63, 3.8) is 0 Å². The molecule has 0 saturated heterocycles. The maximum absolute atomic E-state index is 5.81. The van der Waals surface area contributed by atoms with Crippen molar-refractivity contribution in [2.75, 3.05) is 0 Å². The van der Waals surface area contributed by atoms with E-state index in [0.29, 0.717) is 6.10 Å². The minimum atomic E-state index is 0.172. The molecule has 1 aliphatic carbocycles. The summed E-state index contributed by atoms with van der Waals surface area (Å²) in [5.74, 6) is 0.997. The highest BCUT2D eigenvalue weighted by Gasteiger charge is 2.24. The van der Waals surface area contributed by atoms with Crippen LogP contribution in [0, 0.1) is 0 Å². The number of ether oxygens (including phenoxy) is 1. The van der Waals surface area contributed by atoms with Gasteiger partial charge in [-0.1, -0.05) is 36.7 Å². The first-order chi connectivity index (χ1) is 6.95. The Balaban J connectivity index is 2.27. The van der Waals surface area contributed by atoms with Gasteiger partial charge in [0.2, 0.25) is 0 Å². The van der Waals surface area contributed by atoms with Gasteiger partial charge in [0.25, 0.3) is 0 Å². The first-order valence-corrected chi connectivity index (χ1v) is 6.22. The summed E-state index contributed by atoms with van der Waals surface area (Å²) in [6, 6.07) is 6.37. The minimum Gasteiger partial charge on any atom is -0.490 e. The second kappa shape index (κ2) is 3.82. The second-order valence-electron chi connectivity index (χ2n) is 5.24. The van der Waals surface area contributed by atoms with E-state index in [1.165, 1.54) is 18.4 Å². The van der Waals surface area contributed by atoms with E-state index in [1.807, 2.05) is 6.07 Å². The van der Waals surface area contributed by atoms with Crippen molar-refractivity contribution >= 4 is 15.9 Å². The summed E-state index contributed by atoms with van der Waals surface area (Å²) < 4.78 is 6.91. The van der Waals surface area contributed by atoms with E-state index < -0.39 is 0 Å². The molecular formula is C13H17BrO. The molecule has 1 aromatic rings. The predicted octanol–water partition coefficient (Wildman–Crippen LogP) is 4.29. The van der Waals surface area contributed by atoms with Gasteiger partial charge in [0.05, 0.1) is 6.10 Å². The molecule has 0 N–H and O–H groups in total. The molecule has 0 atom stereocenters. The topological polar surface area (TPSA) is 9.23 Å². The zero-order valence-corrected chi connectivity index (χ0v) is 11.1. The fourth-order valence-electron chi connectivity index (χ4n) is 1.44. The van der Waals surface area contributed by atoms with Crippen LogP contribution < -0.4 is 4.74 Å². The molecule has 2 rings (SSSR count). The molecule has 1 fully saturated rings. The van der Waals surface area contributed by atoms with E-state index in [2.05, 4.69) is 48.8 Å². The molecule has 0 bridgehead atoms. The molecule has 82 valence electrons. The Labute approximate surface area is 100.0 Å². The summed E-state index contributed by atoms with van der Waals surface area (Å²) in [6.45, 7) is 6.65. The first-order valence-electron chi connectivity index (χ1n) is 5.43. The number of hydrogen-bond donors (Lipinski definition) is 0. The molecule has 1 aromatic carbocycles. The van der Waals surface area contributed by atoms with Crippen LogP contribution in [0.25, 0.3) is 0 Å². The van der Waals surface area contributed by atoms with Crippen LogP contribution in [-0.2, 0) is 5.41 Å². The molecule has 1 nitrogen and oxygen atoms in total. The van der Waals surface area contributed by atoms with E-state index in [0.717, 1.165) is 10.2 Å². The Bertz CT molecular complexity index is 361. The number of hydrogen-bond acceptors (Lipinski definition) is 1. The second-order valence-corrected chi connectivity index (χ2v) is 6.16. The SMILES string of the molecule is CC(C)(C)c1cc(Br)cc(OC2CC2)c1. The molecule has 0 spiro atoms. The van der Waals surface area contributed by atoms with Gasteiger partial charge in [-0.25, -0.2) is 0 Å². The van der Waals surface area contributed by atoms with Gasteiger partial charge in [-0.3, -0.25) is 0 Å². The van der Waals surface area contributed by atoms with Gasteiger partial charge in [-0.05, 0) is 42.0 Å². The minimum absolute atomic E-state index is 0.172. The highest BCUT2D eigenvalue weighted by Crippen LogP contribution is 2.33. The fourth-order valence-corrected chi connectivity index (χ4v) is 1.91. The Hall–Kier alpha value is -0.500. The molecular weight excluding hydrogens is 252 g/mol. The van der Waals surface area contributed by atoms with Gasteiger partial charge >= 0.3 is 0 Å². The summed E-state index contributed by atoms with van der Waals surface area (Å²) in [5.41, 5.74) is 1.48. The summed E-state index contributed by atoms with van der Waals surface area (Å²) in [7, 11) is 0. The lowest BCUT2D eigenvalue weighted by Crippen LogP contribution is -2.11. The van der Waals surface area contributed by atoms with Crippen LogP contribution in [0.15, 0.2) is 22.7 Å². The lowest BCUT2D eigenvalue weighted by Gasteiger charge is -2.20. The highest BCUT2D eigenvalue weighted by molar-refractivity contribution is 9.10. The summed E-state index contributed by atoms with van der Waals surface area (Å²) in [6.07, 6.45) is 2.88. The van der Waals surface area contributed by atoms with Crippen LogP contribution in [0.5, 0.6) is 5.75 Å². The Morgan fingerprint density at radius 2 is 1.87 bits per heavy atom. The quantitative estimate of drug-likeness (QED) is 0.778. The van der Waals surface area contributed by atoms with Crippen molar-refractivity contribution in [1.82, 2.24) is 0 Å². The van der Waals surface area contributed by atoms with Crippen LogP contribution in [-0.4, -0.2) is 6.10 Å². The molecule has 0 heterocycles. The molecule has 0 aromatic heterocycles. The first kappa shape index (κ1) is 11.0. The van der Waals surface area contributed by atoms with Crippen molar-refractivity contribution in [2.24, 2.45) is 0 Å². The van der Waals surface area contributed by atoms with Gasteiger partial charge < -0.3 is 4.74 Å². The fraction of sp³-hybridized carbons (Fsp3) is 0.538. The van der Waals surface area contributed by atoms with Crippen molar-refractivity contribution in [3.8, 4) is 5.75 Å². The van der Waals surface area contributed by atoms with Crippen LogP contribution >= 0.6 is 15.9 Å². The monoisotopic (exact) mass is 268 g/mol. The van der Waals surface area contributed by atoms with E-state index in [9.17, 15) is 0 Å². The lowest BCUT2D eigenvalue weighted by molar-refractivity contribution is 0.302. The lowest BCUT2D eigenvalue weighted by atomic mass is 9.87. The zero-order chi connectivity index (χ0) is 11.1. The summed E-state index contributed by atoms with van der Waals surface area (Å²) >= 11 is 3.54. The van der Waals surface area contributed by atoms with Crippen molar-refractivity contribution in [1.29, 1.82) is 0 Å². The van der Waals surface area contributed by atoms with Crippen LogP contribution in [0.4, 0.5) is 0 Å². The Morgan fingerprint density at radius 3 is 2.40 bits per heavy atom. The maximum Gasteiger partial charge on any atom is 0.121 e. The molecule has 15 heavy (non-hydrogen) atoms. The normalized spacial score (nSPS) is 16.5. The van der Waals surface area contributed by atoms with Crippen LogP contribution in [0.2, 0.25) is 0 Å². The van der Waals surface area contributed by atoms with Gasteiger partial charge in [0.1, 0.15) is 5.75 Å². The predicted molar refractivity (Wildman–Crippen MR) is 66.5 cm³/mol. The molecule has 2 heteroatoms. The van der Waals surface area contributed by atoms with Gasteiger partial charge in [0.15, 0.2) is 0 Å². The summed E-state index contributed by atoms with van der Waals surface area (Å²) in [5, 5.41) is 0. The maximum atomic E-state index is 5.81. The van der Waals surface area contributed by atoms with Crippen molar-refractivity contribution in [3.05, 3.63) is 28.2 Å². The highest BCUT2D eigenvalue weighted by atomic mass is 79.9. The molecule has 1 saturated carbocycles. The average molecular weight is 269 g/mol. The molecule has 0 aliphatic heterocycles. The van der Waals surface area contributed by atoms with E-state index in [-0.39, 0.29) is 5.41 Å². The zero-order valence-electron chi connectivity index (χ0n) is 9.51. The summed E-state index contributed by atoms with van der Waals surface area (Å²) in [4.78, 5) is 0. The van der Waals surface area contributed by atoms with Crippen molar-refractivity contribution < 1.29 is 4.74 Å². The standard InChI is InChI=1S/C13H17BrO/c1-13(2,3)9-6-10(14)8-12(7-9)15-11-4-5-11/h6-8,11H,4-5H2,1-3H3. The number of rotatable bonds is 2. The molecule has 1 aliphatic rings. The van der Waals surface area contributed by atoms with Crippen molar-refractivity contribution in [2.45, 2.75) is 45.1 Å². The van der Waals surface area contributed by atoms with Crippen LogP contribution in [0.1, 0.15) is 39.2 Å².